The summed E-state index contributed by atoms with van der Waals surface area (Å²) in [5.74, 6) is 0.998. The van der Waals surface area contributed by atoms with E-state index in [0.29, 0.717) is 11.8 Å². The first kappa shape index (κ1) is 13.2. The van der Waals surface area contributed by atoms with Gasteiger partial charge in [0.15, 0.2) is 0 Å². The normalized spacial score (nSPS) is 13.4. The minimum absolute atomic E-state index is 0.270. The van der Waals surface area contributed by atoms with Gasteiger partial charge in [0.2, 0.25) is 0 Å². The highest BCUT2D eigenvalue weighted by molar-refractivity contribution is 5.09. The molecule has 1 N–H and O–H groups in total. The molecule has 0 aliphatic heterocycles. The van der Waals surface area contributed by atoms with Crippen molar-refractivity contribution < 1.29 is 5.11 Å². The average molecular weight is 224 g/mol. The highest BCUT2D eigenvalue weighted by Gasteiger charge is 2.14. The lowest BCUT2D eigenvalue weighted by molar-refractivity contribution is 0.203. The Morgan fingerprint density at radius 2 is 2.12 bits per heavy atom. The van der Waals surface area contributed by atoms with Crippen LogP contribution in [0.5, 0.6) is 0 Å². The zero-order valence-electron chi connectivity index (χ0n) is 10.9. The Bertz CT molecular complexity index is 318. The molecule has 0 aliphatic rings. The standard InChI is InChI=1S/C13H24N2O/c1-5-15-13(7-11(4)14-15)8-12(9-16)6-10(2)3/h7,10,12,16H,5-6,8-9H2,1-4H3. The molecular weight excluding hydrogens is 200 g/mol. The van der Waals surface area contributed by atoms with Crippen LogP contribution < -0.4 is 0 Å². The molecular formula is C13H24N2O. The molecule has 1 heterocycles. The molecule has 0 radical (unpaired) electrons. The lowest BCUT2D eigenvalue weighted by atomic mass is 9.93. The van der Waals surface area contributed by atoms with Crippen LogP contribution in [0, 0.1) is 18.8 Å². The molecule has 0 fully saturated rings. The fourth-order valence-corrected chi connectivity index (χ4v) is 2.22. The van der Waals surface area contributed by atoms with Crippen molar-refractivity contribution in [3.05, 3.63) is 17.5 Å². The van der Waals surface area contributed by atoms with Crippen molar-refractivity contribution in [2.24, 2.45) is 11.8 Å². The number of aliphatic hydroxyl groups excluding tert-OH is 1. The van der Waals surface area contributed by atoms with Crippen LogP contribution in [0.25, 0.3) is 0 Å². The van der Waals surface area contributed by atoms with E-state index in [4.69, 9.17) is 0 Å². The maximum Gasteiger partial charge on any atom is 0.0596 e. The molecule has 0 spiro atoms. The van der Waals surface area contributed by atoms with Crippen molar-refractivity contribution >= 4 is 0 Å². The van der Waals surface area contributed by atoms with Gasteiger partial charge in [-0.25, -0.2) is 0 Å². The topological polar surface area (TPSA) is 38.0 Å². The molecule has 16 heavy (non-hydrogen) atoms. The zero-order valence-corrected chi connectivity index (χ0v) is 10.9. The Labute approximate surface area is 98.5 Å². The fraction of sp³-hybridized carbons (Fsp3) is 0.769. The Hall–Kier alpha value is -0.830. The molecule has 3 heteroatoms. The summed E-state index contributed by atoms with van der Waals surface area (Å²) in [5, 5.41) is 13.8. The number of nitrogens with zero attached hydrogens (tertiary/aromatic N) is 2. The molecule has 0 aliphatic carbocycles. The van der Waals surface area contributed by atoms with E-state index in [-0.39, 0.29) is 6.61 Å². The third kappa shape index (κ3) is 3.63. The Morgan fingerprint density at radius 1 is 1.44 bits per heavy atom. The lowest BCUT2D eigenvalue weighted by Gasteiger charge is -2.16. The highest BCUT2D eigenvalue weighted by atomic mass is 16.3. The van der Waals surface area contributed by atoms with Gasteiger partial charge in [-0.3, -0.25) is 4.68 Å². The fourth-order valence-electron chi connectivity index (χ4n) is 2.22. The van der Waals surface area contributed by atoms with Crippen LogP contribution in [0.3, 0.4) is 0 Å². The first-order valence-electron chi connectivity index (χ1n) is 6.21. The number of hydrogen-bond donors (Lipinski definition) is 1. The van der Waals surface area contributed by atoms with Crippen LogP contribution in [-0.2, 0) is 13.0 Å². The predicted molar refractivity (Wildman–Crippen MR) is 66.4 cm³/mol. The van der Waals surface area contributed by atoms with Crippen LogP contribution in [0.15, 0.2) is 6.07 Å². The molecule has 0 amide bonds. The van der Waals surface area contributed by atoms with Gasteiger partial charge in [0.25, 0.3) is 0 Å². The van der Waals surface area contributed by atoms with Gasteiger partial charge < -0.3 is 5.11 Å². The minimum atomic E-state index is 0.270. The van der Waals surface area contributed by atoms with Gasteiger partial charge in [-0.2, -0.15) is 5.10 Å². The van der Waals surface area contributed by atoms with E-state index >= 15 is 0 Å². The maximum absolute atomic E-state index is 9.38. The van der Waals surface area contributed by atoms with Crippen LogP contribution in [0.2, 0.25) is 0 Å². The molecule has 3 nitrogen and oxygen atoms in total. The summed E-state index contributed by atoms with van der Waals surface area (Å²) in [6.45, 7) is 9.70. The molecule has 1 rings (SSSR count). The van der Waals surface area contributed by atoms with Crippen molar-refractivity contribution in [1.29, 1.82) is 0 Å². The van der Waals surface area contributed by atoms with E-state index in [1.165, 1.54) is 5.69 Å². The molecule has 0 bridgehead atoms. The van der Waals surface area contributed by atoms with Crippen molar-refractivity contribution in [3.8, 4) is 0 Å². The Balaban J connectivity index is 2.69. The molecule has 0 saturated heterocycles. The van der Waals surface area contributed by atoms with Crippen LogP contribution in [0.4, 0.5) is 0 Å². The van der Waals surface area contributed by atoms with Gasteiger partial charge >= 0.3 is 0 Å². The predicted octanol–water partition coefficient (Wildman–Crippen LogP) is 2.41. The summed E-state index contributed by atoms with van der Waals surface area (Å²) in [5.41, 5.74) is 2.32. The SMILES string of the molecule is CCn1nc(C)cc1CC(CO)CC(C)C. The Kier molecular flexibility index (Phi) is 5.00. The van der Waals surface area contributed by atoms with E-state index in [1.807, 2.05) is 11.6 Å². The quantitative estimate of drug-likeness (QED) is 0.806. The average Bonchev–Trinajstić information content (AvgIpc) is 2.57. The summed E-state index contributed by atoms with van der Waals surface area (Å²) in [4.78, 5) is 0. The molecule has 1 aromatic rings. The number of hydrogen-bond acceptors (Lipinski definition) is 2. The Morgan fingerprint density at radius 3 is 2.62 bits per heavy atom. The molecule has 0 aromatic carbocycles. The highest BCUT2D eigenvalue weighted by Crippen LogP contribution is 2.17. The number of aliphatic hydroxyl groups is 1. The third-order valence-electron chi connectivity index (χ3n) is 2.85. The van der Waals surface area contributed by atoms with E-state index in [9.17, 15) is 5.11 Å². The van der Waals surface area contributed by atoms with Crippen molar-refractivity contribution in [2.45, 2.75) is 47.1 Å². The van der Waals surface area contributed by atoms with Gasteiger partial charge in [-0.05, 0) is 44.6 Å². The zero-order chi connectivity index (χ0) is 12.1. The summed E-state index contributed by atoms with van der Waals surface area (Å²) >= 11 is 0. The van der Waals surface area contributed by atoms with E-state index < -0.39 is 0 Å². The largest absolute Gasteiger partial charge is 0.396 e. The number of aromatic nitrogens is 2. The first-order chi connectivity index (χ1) is 7.56. The summed E-state index contributed by atoms with van der Waals surface area (Å²) in [6, 6.07) is 2.13. The second-order valence-corrected chi connectivity index (χ2v) is 4.98. The van der Waals surface area contributed by atoms with Gasteiger partial charge in [-0.15, -0.1) is 0 Å². The van der Waals surface area contributed by atoms with Crippen LogP contribution >= 0.6 is 0 Å². The van der Waals surface area contributed by atoms with Crippen LogP contribution in [0.1, 0.15) is 38.6 Å². The second-order valence-electron chi connectivity index (χ2n) is 4.98. The molecule has 1 atom stereocenters. The molecule has 1 aromatic heterocycles. The number of rotatable bonds is 6. The summed E-state index contributed by atoms with van der Waals surface area (Å²) in [6.07, 6.45) is 2.01. The van der Waals surface area contributed by atoms with E-state index in [0.717, 1.165) is 25.1 Å². The van der Waals surface area contributed by atoms with Gasteiger partial charge in [0, 0.05) is 18.8 Å². The van der Waals surface area contributed by atoms with Gasteiger partial charge in [0.05, 0.1) is 5.69 Å². The number of aryl methyl sites for hydroxylation is 2. The second kappa shape index (κ2) is 6.04. The van der Waals surface area contributed by atoms with Crippen molar-refractivity contribution in [2.75, 3.05) is 6.61 Å². The molecule has 92 valence electrons. The smallest absolute Gasteiger partial charge is 0.0596 e. The van der Waals surface area contributed by atoms with E-state index in [2.05, 4.69) is 31.9 Å². The maximum atomic E-state index is 9.38. The molecule has 0 saturated carbocycles. The third-order valence-corrected chi connectivity index (χ3v) is 2.85. The van der Waals surface area contributed by atoms with Crippen LogP contribution in [-0.4, -0.2) is 21.5 Å². The molecule has 1 unspecified atom stereocenters. The first-order valence-corrected chi connectivity index (χ1v) is 6.21. The lowest BCUT2D eigenvalue weighted by Crippen LogP contribution is -2.15. The summed E-state index contributed by atoms with van der Waals surface area (Å²) < 4.78 is 2.04. The van der Waals surface area contributed by atoms with E-state index in [1.54, 1.807) is 0 Å². The van der Waals surface area contributed by atoms with Crippen molar-refractivity contribution in [3.63, 3.8) is 0 Å². The van der Waals surface area contributed by atoms with Gasteiger partial charge in [0.1, 0.15) is 0 Å². The van der Waals surface area contributed by atoms with Crippen molar-refractivity contribution in [1.82, 2.24) is 9.78 Å². The minimum Gasteiger partial charge on any atom is -0.396 e. The monoisotopic (exact) mass is 224 g/mol. The summed E-state index contributed by atoms with van der Waals surface area (Å²) in [7, 11) is 0. The van der Waals surface area contributed by atoms with Gasteiger partial charge in [-0.1, -0.05) is 13.8 Å².